The van der Waals surface area contributed by atoms with Gasteiger partial charge in [0.25, 0.3) is 0 Å². The Morgan fingerprint density at radius 2 is 1.74 bits per heavy atom. The summed E-state index contributed by atoms with van der Waals surface area (Å²) < 4.78 is 26.7. The number of carbonyl (C=O) groups is 1. The monoisotopic (exact) mass is 333 g/mol. The van der Waals surface area contributed by atoms with Crippen LogP contribution in [-0.2, 0) is 21.4 Å². The number of aliphatic carboxylic acids is 1. The van der Waals surface area contributed by atoms with E-state index in [1.54, 1.807) is 43.3 Å². The molecule has 0 unspecified atom stereocenters. The Labute approximate surface area is 136 Å². The van der Waals surface area contributed by atoms with Crippen LogP contribution in [-0.4, -0.2) is 30.3 Å². The number of hydrogen-bond acceptors (Lipinski definition) is 3. The fourth-order valence-electron chi connectivity index (χ4n) is 2.39. The Morgan fingerprint density at radius 1 is 1.09 bits per heavy atom. The maximum absolute atomic E-state index is 12.9. The molecule has 0 radical (unpaired) electrons. The van der Waals surface area contributed by atoms with Crippen LogP contribution in [0.1, 0.15) is 16.7 Å². The van der Waals surface area contributed by atoms with Gasteiger partial charge in [-0.1, -0.05) is 48.0 Å². The molecule has 0 saturated carbocycles. The summed E-state index contributed by atoms with van der Waals surface area (Å²) in [4.78, 5) is 11.2. The average Bonchev–Trinajstić information content (AvgIpc) is 2.46. The van der Waals surface area contributed by atoms with Gasteiger partial charge in [0.2, 0.25) is 10.0 Å². The lowest BCUT2D eigenvalue weighted by molar-refractivity contribution is -0.137. The third-order valence-electron chi connectivity index (χ3n) is 3.46. The quantitative estimate of drug-likeness (QED) is 0.882. The molecule has 0 aliphatic heterocycles. The fourth-order valence-corrected chi connectivity index (χ4v) is 3.98. The van der Waals surface area contributed by atoms with Crippen molar-refractivity contribution in [3.63, 3.8) is 0 Å². The van der Waals surface area contributed by atoms with Gasteiger partial charge < -0.3 is 5.11 Å². The van der Waals surface area contributed by atoms with Crippen molar-refractivity contribution in [2.45, 2.75) is 25.3 Å². The molecule has 0 heterocycles. The zero-order valence-corrected chi connectivity index (χ0v) is 13.9. The predicted molar refractivity (Wildman–Crippen MR) is 87.6 cm³/mol. The zero-order valence-electron chi connectivity index (χ0n) is 13.1. The number of rotatable bonds is 6. The summed E-state index contributed by atoms with van der Waals surface area (Å²) in [5, 5.41) is 9.08. The molecule has 2 aromatic carbocycles. The average molecular weight is 333 g/mol. The number of nitrogens with zero attached hydrogens (tertiary/aromatic N) is 1. The van der Waals surface area contributed by atoms with E-state index in [0.29, 0.717) is 5.56 Å². The zero-order chi connectivity index (χ0) is 17.0. The molecule has 0 bridgehead atoms. The molecule has 2 aromatic rings. The summed E-state index contributed by atoms with van der Waals surface area (Å²) in [6.07, 6.45) is 0. The summed E-state index contributed by atoms with van der Waals surface area (Å²) >= 11 is 0. The van der Waals surface area contributed by atoms with Gasteiger partial charge in [-0.05, 0) is 31.0 Å². The van der Waals surface area contributed by atoms with Crippen LogP contribution in [0.4, 0.5) is 0 Å². The van der Waals surface area contributed by atoms with Crippen LogP contribution < -0.4 is 0 Å². The predicted octanol–water partition coefficient (Wildman–Crippen LogP) is 2.58. The van der Waals surface area contributed by atoms with Crippen molar-refractivity contribution >= 4 is 16.0 Å². The number of carboxylic acids is 1. The van der Waals surface area contributed by atoms with Gasteiger partial charge in [-0.3, -0.25) is 4.79 Å². The number of sulfonamides is 1. The van der Waals surface area contributed by atoms with E-state index < -0.39 is 22.5 Å². The first-order valence-corrected chi connectivity index (χ1v) is 8.58. The minimum Gasteiger partial charge on any atom is -0.480 e. The van der Waals surface area contributed by atoms with E-state index in [4.69, 9.17) is 5.11 Å². The van der Waals surface area contributed by atoms with Crippen molar-refractivity contribution in [2.75, 3.05) is 6.54 Å². The van der Waals surface area contributed by atoms with Crippen LogP contribution in [0.15, 0.2) is 53.4 Å². The second kappa shape index (κ2) is 6.93. The summed E-state index contributed by atoms with van der Waals surface area (Å²) in [5.41, 5.74) is 2.30. The minimum atomic E-state index is -3.89. The van der Waals surface area contributed by atoms with Crippen molar-refractivity contribution in [1.82, 2.24) is 4.31 Å². The summed E-state index contributed by atoms with van der Waals surface area (Å²) in [5.74, 6) is -1.19. The summed E-state index contributed by atoms with van der Waals surface area (Å²) in [7, 11) is -3.89. The SMILES string of the molecule is Cc1ccc(S(=O)(=O)N(CC(=O)O)Cc2ccccc2)c(C)c1. The number of hydrogen-bond donors (Lipinski definition) is 1. The van der Waals surface area contributed by atoms with Gasteiger partial charge in [-0.25, -0.2) is 8.42 Å². The first kappa shape index (κ1) is 17.2. The molecule has 0 amide bonds. The number of aryl methyl sites for hydroxylation is 2. The molecule has 0 atom stereocenters. The molecule has 2 rings (SSSR count). The van der Waals surface area contributed by atoms with Gasteiger partial charge in [0, 0.05) is 6.54 Å². The van der Waals surface area contributed by atoms with Crippen molar-refractivity contribution in [3.05, 3.63) is 65.2 Å². The van der Waals surface area contributed by atoms with Crippen LogP contribution in [0.5, 0.6) is 0 Å². The van der Waals surface area contributed by atoms with Gasteiger partial charge in [0.05, 0.1) is 4.90 Å². The highest BCUT2D eigenvalue weighted by molar-refractivity contribution is 7.89. The van der Waals surface area contributed by atoms with Gasteiger partial charge in [0.1, 0.15) is 6.54 Å². The maximum atomic E-state index is 12.9. The number of carboxylic acid groups (broad SMARTS) is 1. The van der Waals surface area contributed by atoms with E-state index in [9.17, 15) is 13.2 Å². The molecule has 6 heteroatoms. The maximum Gasteiger partial charge on any atom is 0.318 e. The molecule has 0 fully saturated rings. The molecule has 122 valence electrons. The number of benzene rings is 2. The van der Waals surface area contributed by atoms with Crippen LogP contribution >= 0.6 is 0 Å². The van der Waals surface area contributed by atoms with Crippen LogP contribution in [0.2, 0.25) is 0 Å². The van der Waals surface area contributed by atoms with Crippen LogP contribution in [0.25, 0.3) is 0 Å². The summed E-state index contributed by atoms with van der Waals surface area (Å²) in [6, 6.07) is 14.0. The Kier molecular flexibility index (Phi) is 5.18. The Bertz CT molecular complexity index is 801. The van der Waals surface area contributed by atoms with Crippen molar-refractivity contribution in [2.24, 2.45) is 0 Å². The molecule has 0 aliphatic carbocycles. The lowest BCUT2D eigenvalue weighted by atomic mass is 10.2. The van der Waals surface area contributed by atoms with E-state index in [1.807, 2.05) is 13.0 Å². The van der Waals surface area contributed by atoms with Crippen molar-refractivity contribution < 1.29 is 18.3 Å². The molecule has 0 spiro atoms. The third kappa shape index (κ3) is 4.18. The van der Waals surface area contributed by atoms with E-state index in [-0.39, 0.29) is 11.4 Å². The second-order valence-electron chi connectivity index (χ2n) is 5.42. The normalized spacial score (nSPS) is 11.6. The van der Waals surface area contributed by atoms with Gasteiger partial charge >= 0.3 is 5.97 Å². The highest BCUT2D eigenvalue weighted by Gasteiger charge is 2.28. The van der Waals surface area contributed by atoms with Crippen molar-refractivity contribution in [3.8, 4) is 0 Å². The Hall–Kier alpha value is -2.18. The van der Waals surface area contributed by atoms with E-state index >= 15 is 0 Å². The van der Waals surface area contributed by atoms with Gasteiger partial charge in [-0.2, -0.15) is 4.31 Å². The first-order valence-electron chi connectivity index (χ1n) is 7.14. The highest BCUT2D eigenvalue weighted by atomic mass is 32.2. The molecule has 23 heavy (non-hydrogen) atoms. The largest absolute Gasteiger partial charge is 0.480 e. The van der Waals surface area contributed by atoms with Crippen molar-refractivity contribution in [1.29, 1.82) is 0 Å². The highest BCUT2D eigenvalue weighted by Crippen LogP contribution is 2.22. The lowest BCUT2D eigenvalue weighted by Crippen LogP contribution is -2.35. The van der Waals surface area contributed by atoms with Gasteiger partial charge in [-0.15, -0.1) is 0 Å². The van der Waals surface area contributed by atoms with E-state index in [0.717, 1.165) is 15.4 Å². The van der Waals surface area contributed by atoms with E-state index in [1.165, 1.54) is 6.07 Å². The third-order valence-corrected chi connectivity index (χ3v) is 5.41. The topological polar surface area (TPSA) is 74.7 Å². The molecule has 0 saturated heterocycles. The van der Waals surface area contributed by atoms with Gasteiger partial charge in [0.15, 0.2) is 0 Å². The van der Waals surface area contributed by atoms with Crippen LogP contribution in [0, 0.1) is 13.8 Å². The molecule has 1 N–H and O–H groups in total. The molecule has 0 aromatic heterocycles. The minimum absolute atomic E-state index is 0.0167. The molecule has 0 aliphatic rings. The van der Waals surface area contributed by atoms with E-state index in [2.05, 4.69) is 0 Å². The summed E-state index contributed by atoms with van der Waals surface area (Å²) in [6.45, 7) is 3.02. The smallest absolute Gasteiger partial charge is 0.318 e. The molecular formula is C17H19NO4S. The lowest BCUT2D eigenvalue weighted by Gasteiger charge is -2.21. The Morgan fingerprint density at radius 3 is 2.30 bits per heavy atom. The second-order valence-corrected chi connectivity index (χ2v) is 7.33. The van der Waals surface area contributed by atoms with Crippen LogP contribution in [0.3, 0.4) is 0 Å². The Balaban J connectivity index is 2.42. The molecular weight excluding hydrogens is 314 g/mol. The first-order chi connectivity index (χ1) is 10.8. The fraction of sp³-hybridized carbons (Fsp3) is 0.235. The standard InChI is InChI=1S/C17H19NO4S/c1-13-8-9-16(14(2)10-13)23(21,22)18(12-17(19)20)11-15-6-4-3-5-7-15/h3-10H,11-12H2,1-2H3,(H,19,20). The molecule has 5 nitrogen and oxygen atoms in total.